The first-order chi connectivity index (χ1) is 11.6. The van der Waals surface area contributed by atoms with Gasteiger partial charge < -0.3 is 10.6 Å². The first kappa shape index (κ1) is 18.2. The number of benzene rings is 1. The van der Waals surface area contributed by atoms with Gasteiger partial charge in [-0.1, -0.05) is 37.3 Å². The van der Waals surface area contributed by atoms with Crippen molar-refractivity contribution in [2.45, 2.75) is 19.4 Å². The second-order valence-electron chi connectivity index (χ2n) is 5.37. The molecule has 24 heavy (non-hydrogen) atoms. The molecule has 3 N–H and O–H groups in total. The number of hydrogen-bond acceptors (Lipinski definition) is 4. The second kappa shape index (κ2) is 9.20. The lowest BCUT2D eigenvalue weighted by atomic mass is 10.0. The Balaban J connectivity index is 2.02. The summed E-state index contributed by atoms with van der Waals surface area (Å²) in [5, 5.41) is 10.4. The van der Waals surface area contributed by atoms with Gasteiger partial charge in [0.15, 0.2) is 0 Å². The summed E-state index contributed by atoms with van der Waals surface area (Å²) in [6.07, 6.45) is 0.999. The zero-order valence-corrected chi connectivity index (χ0v) is 14.8. The van der Waals surface area contributed by atoms with E-state index in [1.54, 1.807) is 18.4 Å². The number of rotatable bonds is 8. The van der Waals surface area contributed by atoms with Crippen LogP contribution in [0.4, 0.5) is 0 Å². The first-order valence-electron chi connectivity index (χ1n) is 7.97. The number of carbonyl (C=O) groups excluding carboxylic acids is 2. The molecule has 1 atom stereocenters. The van der Waals surface area contributed by atoms with Crippen LogP contribution in [0.3, 0.4) is 0 Å². The van der Waals surface area contributed by atoms with Gasteiger partial charge in [-0.3, -0.25) is 14.9 Å². The Morgan fingerprint density at radius 3 is 2.42 bits per heavy atom. The second-order valence-corrected chi connectivity index (χ2v) is 6.35. The third-order valence-corrected chi connectivity index (χ3v) is 4.68. The summed E-state index contributed by atoms with van der Waals surface area (Å²) in [5.74, 6) is -0.418. The van der Waals surface area contributed by atoms with Crippen LogP contribution in [-0.2, 0) is 16.0 Å². The maximum Gasteiger partial charge on any atom is 0.239 e. The van der Waals surface area contributed by atoms with Crippen molar-refractivity contribution in [3.8, 4) is 0 Å². The zero-order chi connectivity index (χ0) is 17.4. The van der Waals surface area contributed by atoms with Crippen LogP contribution in [0.5, 0.6) is 0 Å². The summed E-state index contributed by atoms with van der Waals surface area (Å²) < 4.78 is 0. The molecule has 0 bridgehead atoms. The largest absolute Gasteiger partial charge is 0.358 e. The van der Waals surface area contributed by atoms with Crippen molar-refractivity contribution in [1.82, 2.24) is 16.0 Å². The van der Waals surface area contributed by atoms with E-state index in [-0.39, 0.29) is 30.9 Å². The summed E-state index contributed by atoms with van der Waals surface area (Å²) in [4.78, 5) is 24.2. The van der Waals surface area contributed by atoms with Crippen LogP contribution in [0, 0.1) is 0 Å². The Kier molecular flexibility index (Phi) is 6.96. The molecule has 0 aliphatic carbocycles. The van der Waals surface area contributed by atoms with Gasteiger partial charge >= 0.3 is 0 Å². The Hall–Kier alpha value is -2.18. The Bertz CT molecular complexity index is 653. The van der Waals surface area contributed by atoms with Crippen molar-refractivity contribution in [2.24, 2.45) is 0 Å². The molecule has 0 aliphatic rings. The fourth-order valence-corrected chi connectivity index (χ4v) is 3.14. The summed E-state index contributed by atoms with van der Waals surface area (Å²) in [6, 6.07) is 12.4. The van der Waals surface area contributed by atoms with E-state index in [0.29, 0.717) is 0 Å². The average molecular weight is 345 g/mol. The predicted octanol–water partition coefficient (Wildman–Crippen LogP) is 1.85. The number of carbonyl (C=O) groups is 2. The molecule has 0 spiro atoms. The predicted molar refractivity (Wildman–Crippen MR) is 97.1 cm³/mol. The lowest BCUT2D eigenvalue weighted by molar-refractivity contribution is -0.125. The maximum atomic E-state index is 11.9. The van der Waals surface area contributed by atoms with E-state index >= 15 is 0 Å². The molecule has 0 aliphatic heterocycles. The summed E-state index contributed by atoms with van der Waals surface area (Å²) in [5.41, 5.74) is 2.40. The molecule has 5 nitrogen and oxygen atoms in total. The Morgan fingerprint density at radius 1 is 1.08 bits per heavy atom. The quantitative estimate of drug-likeness (QED) is 0.684. The van der Waals surface area contributed by atoms with Crippen LogP contribution in [0.25, 0.3) is 0 Å². The van der Waals surface area contributed by atoms with E-state index in [1.807, 2.05) is 11.4 Å². The van der Waals surface area contributed by atoms with E-state index in [9.17, 15) is 9.59 Å². The number of amides is 2. The van der Waals surface area contributed by atoms with E-state index in [0.717, 1.165) is 16.9 Å². The summed E-state index contributed by atoms with van der Waals surface area (Å²) >= 11 is 1.65. The highest BCUT2D eigenvalue weighted by Crippen LogP contribution is 2.26. The van der Waals surface area contributed by atoms with Crippen LogP contribution >= 0.6 is 11.3 Å². The van der Waals surface area contributed by atoms with Gasteiger partial charge in [0.1, 0.15) is 0 Å². The third kappa shape index (κ3) is 5.18. The Labute approximate surface area is 146 Å². The van der Waals surface area contributed by atoms with E-state index in [1.165, 1.54) is 5.56 Å². The lowest BCUT2D eigenvalue weighted by Gasteiger charge is -2.18. The normalized spacial score (nSPS) is 11.8. The zero-order valence-electron chi connectivity index (χ0n) is 14.0. The van der Waals surface area contributed by atoms with Crippen molar-refractivity contribution in [3.63, 3.8) is 0 Å². The minimum Gasteiger partial charge on any atom is -0.358 e. The smallest absolute Gasteiger partial charge is 0.239 e. The molecule has 0 fully saturated rings. The molecule has 0 saturated heterocycles. The fraction of sp³-hybridized carbons (Fsp3) is 0.333. The minimum atomic E-state index is -0.215. The summed E-state index contributed by atoms with van der Waals surface area (Å²) in [7, 11) is 1.54. The van der Waals surface area contributed by atoms with Crippen LogP contribution in [0.2, 0.25) is 0 Å². The molecule has 2 rings (SSSR count). The lowest BCUT2D eigenvalue weighted by Crippen LogP contribution is -2.40. The molecule has 1 heterocycles. The third-order valence-electron chi connectivity index (χ3n) is 3.74. The molecule has 0 radical (unpaired) electrons. The highest BCUT2D eigenvalue weighted by atomic mass is 32.1. The van der Waals surface area contributed by atoms with Crippen LogP contribution in [0.15, 0.2) is 41.8 Å². The van der Waals surface area contributed by atoms with Crippen molar-refractivity contribution in [2.75, 3.05) is 20.1 Å². The molecule has 1 aromatic heterocycles. The van der Waals surface area contributed by atoms with Gasteiger partial charge in [-0.25, -0.2) is 0 Å². The van der Waals surface area contributed by atoms with Gasteiger partial charge in [-0.2, -0.15) is 0 Å². The molecule has 0 saturated carbocycles. The monoisotopic (exact) mass is 345 g/mol. The number of aryl methyl sites for hydroxylation is 1. The van der Waals surface area contributed by atoms with Gasteiger partial charge in [0.2, 0.25) is 11.8 Å². The van der Waals surface area contributed by atoms with Gasteiger partial charge in [-0.05, 0) is 29.0 Å². The SMILES string of the molecule is CCc1ccc([C@@H](NCC(=O)NCC(=O)NC)c2cccs2)cc1. The number of hydrogen-bond donors (Lipinski definition) is 3. The molecular formula is C18H23N3O2S. The first-order valence-corrected chi connectivity index (χ1v) is 8.85. The number of likely N-dealkylation sites (N-methyl/N-ethyl adjacent to an activating group) is 1. The number of nitrogens with one attached hydrogen (secondary N) is 3. The highest BCUT2D eigenvalue weighted by molar-refractivity contribution is 7.10. The van der Waals surface area contributed by atoms with Gasteiger partial charge in [-0.15, -0.1) is 11.3 Å². The van der Waals surface area contributed by atoms with Gasteiger partial charge in [0, 0.05) is 11.9 Å². The number of thiophene rings is 1. The van der Waals surface area contributed by atoms with Crippen molar-refractivity contribution in [3.05, 3.63) is 57.8 Å². The molecule has 128 valence electrons. The molecule has 2 amide bonds. The van der Waals surface area contributed by atoms with Crippen molar-refractivity contribution in [1.29, 1.82) is 0 Å². The molecule has 6 heteroatoms. The van der Waals surface area contributed by atoms with Gasteiger partial charge in [0.25, 0.3) is 0 Å². The average Bonchev–Trinajstić information content (AvgIpc) is 3.14. The fourth-order valence-electron chi connectivity index (χ4n) is 2.31. The molecule has 0 unspecified atom stereocenters. The van der Waals surface area contributed by atoms with Crippen molar-refractivity contribution < 1.29 is 9.59 Å². The van der Waals surface area contributed by atoms with Gasteiger partial charge in [0.05, 0.1) is 19.1 Å². The standard InChI is InChI=1S/C18H23N3O2S/c1-3-13-6-8-14(9-7-13)18(15-5-4-10-24-15)21-12-17(23)20-11-16(22)19-2/h4-10,18,21H,3,11-12H2,1-2H3,(H,19,22)(H,20,23)/t18-/m1/s1. The van der Waals surface area contributed by atoms with Crippen LogP contribution in [0.1, 0.15) is 29.0 Å². The summed E-state index contributed by atoms with van der Waals surface area (Å²) in [6.45, 7) is 2.27. The Morgan fingerprint density at radius 2 is 1.83 bits per heavy atom. The highest BCUT2D eigenvalue weighted by Gasteiger charge is 2.16. The maximum absolute atomic E-state index is 11.9. The topological polar surface area (TPSA) is 70.2 Å². The van der Waals surface area contributed by atoms with E-state index in [4.69, 9.17) is 0 Å². The van der Waals surface area contributed by atoms with Crippen LogP contribution < -0.4 is 16.0 Å². The molecule has 2 aromatic rings. The van der Waals surface area contributed by atoms with E-state index in [2.05, 4.69) is 53.2 Å². The molecular weight excluding hydrogens is 322 g/mol. The molecule has 1 aromatic carbocycles. The van der Waals surface area contributed by atoms with E-state index < -0.39 is 0 Å². The minimum absolute atomic E-state index is 0.00806. The van der Waals surface area contributed by atoms with Crippen molar-refractivity contribution >= 4 is 23.2 Å². The van der Waals surface area contributed by atoms with Crippen LogP contribution in [-0.4, -0.2) is 32.0 Å².